The number of unbranched alkanes of at least 4 members (excludes halogenated alkanes) is 10. The van der Waals surface area contributed by atoms with Gasteiger partial charge in [0.1, 0.15) is 0 Å². The maximum atomic E-state index is 10.6. The van der Waals surface area contributed by atoms with Crippen LogP contribution in [-0.2, 0) is 44.7 Å². The van der Waals surface area contributed by atoms with Crippen LogP contribution in [0.25, 0.3) is 0 Å². The molecule has 0 aliphatic heterocycles. The first-order valence-corrected chi connectivity index (χ1v) is 17.9. The van der Waals surface area contributed by atoms with Crippen LogP contribution in [0.15, 0.2) is 0 Å². The monoisotopic (exact) mass is 578 g/mol. The van der Waals surface area contributed by atoms with Gasteiger partial charge in [0.05, 0.1) is 0 Å². The van der Waals surface area contributed by atoms with Crippen molar-refractivity contribution < 1.29 is 40.6 Å². The molecule has 0 radical (unpaired) electrons. The van der Waals surface area contributed by atoms with Crippen LogP contribution in [0, 0.1) is 0 Å². The molecule has 0 aliphatic carbocycles. The zero-order chi connectivity index (χ0) is 20.3. The largest absolute Gasteiger partial charge is 4.00 e. The van der Waals surface area contributed by atoms with Crippen molar-refractivity contribution in [2.24, 2.45) is 0 Å². The Bertz CT molecular complexity index is 359. The fourth-order valence-corrected chi connectivity index (χ4v) is 6.69. The second kappa shape index (κ2) is 23.2. The third-order valence-corrected chi connectivity index (χ3v) is 9.96. The Hall–Kier alpha value is 2.53. The minimum Gasteiger partial charge on any atom is -0.825 e. The van der Waals surface area contributed by atoms with E-state index in [0.29, 0.717) is 11.5 Å². The molecular weight excluding hydrogens is 542 g/mol. The summed E-state index contributed by atoms with van der Waals surface area (Å²) in [6.45, 7) is 4.36. The van der Waals surface area contributed by atoms with Gasteiger partial charge < -0.3 is 19.6 Å². The van der Waals surface area contributed by atoms with Crippen LogP contribution < -0.4 is 19.6 Å². The van der Waals surface area contributed by atoms with Crippen molar-refractivity contribution in [1.82, 2.24) is 0 Å². The number of rotatable bonds is 16. The first-order chi connectivity index (χ1) is 12.1. The topological polar surface area (TPSA) is 92.2 Å². The molecule has 0 aliphatic rings. The fourth-order valence-electron chi connectivity index (χ4n) is 2.12. The summed E-state index contributed by atoms with van der Waals surface area (Å²) >= 11 is 10.4. The SMILES string of the molecule is CCCCCCCCSP([O-])([O-])=S.CCCCCCCCSP([O-])([O-])=S.[Mo+4]. The summed E-state index contributed by atoms with van der Waals surface area (Å²) in [5.41, 5.74) is -6.95. The van der Waals surface area contributed by atoms with Gasteiger partial charge in [-0.05, 0) is 24.3 Å². The molecule has 11 heteroatoms. The van der Waals surface area contributed by atoms with Crippen molar-refractivity contribution in [3.8, 4) is 0 Å². The first-order valence-electron chi connectivity index (χ1n) is 9.45. The first kappa shape index (κ1) is 34.1. The number of hydrogen-bond acceptors (Lipinski definition) is 8. The van der Waals surface area contributed by atoms with E-state index in [-0.39, 0.29) is 21.1 Å². The summed E-state index contributed by atoms with van der Waals surface area (Å²) in [7, 11) is 0. The molecule has 0 heterocycles. The van der Waals surface area contributed by atoms with Crippen LogP contribution in [-0.4, -0.2) is 11.5 Å². The van der Waals surface area contributed by atoms with E-state index in [1.54, 1.807) is 0 Å². The third-order valence-electron chi connectivity index (χ3n) is 3.49. The molecule has 4 nitrogen and oxygen atoms in total. The average molecular weight is 577 g/mol. The Balaban J connectivity index is -0.000000411. The smallest absolute Gasteiger partial charge is 0.825 e. The van der Waals surface area contributed by atoms with Gasteiger partial charge in [-0.25, -0.2) is 0 Å². The number of hydrogen-bond donors (Lipinski definition) is 0. The summed E-state index contributed by atoms with van der Waals surface area (Å²) in [5.74, 6) is 1.33. The van der Waals surface area contributed by atoms with Crippen molar-refractivity contribution in [3.05, 3.63) is 0 Å². The molecule has 0 fully saturated rings. The van der Waals surface area contributed by atoms with Crippen LogP contribution >= 0.6 is 34.2 Å². The Morgan fingerprint density at radius 1 is 0.556 bits per heavy atom. The molecule has 0 rings (SSSR count). The van der Waals surface area contributed by atoms with Gasteiger partial charge in [0.2, 0.25) is 0 Å². The Labute approximate surface area is 199 Å². The maximum Gasteiger partial charge on any atom is 4.00 e. The Kier molecular flexibility index (Phi) is 29.3. The molecule has 0 aromatic rings. The van der Waals surface area contributed by atoms with E-state index in [2.05, 4.69) is 37.5 Å². The predicted octanol–water partition coefficient (Wildman–Crippen LogP) is 4.05. The molecular formula is C16H34MoO4P2S4. The molecule has 0 unspecified atom stereocenters. The molecule has 0 N–H and O–H groups in total. The third kappa shape index (κ3) is 39.6. The van der Waals surface area contributed by atoms with E-state index in [1.807, 2.05) is 0 Å². The minimum atomic E-state index is -3.48. The van der Waals surface area contributed by atoms with E-state index < -0.39 is 11.4 Å². The second-order valence-corrected chi connectivity index (χ2v) is 17.9. The molecule has 162 valence electrons. The summed E-state index contributed by atoms with van der Waals surface area (Å²) in [6, 6.07) is 0. The fraction of sp³-hybridized carbons (Fsp3) is 1.00. The van der Waals surface area contributed by atoms with Crippen LogP contribution in [0.3, 0.4) is 0 Å². The van der Waals surface area contributed by atoms with Gasteiger partial charge in [-0.2, -0.15) is 34.2 Å². The molecule has 0 saturated carbocycles. The van der Waals surface area contributed by atoms with Crippen molar-refractivity contribution >= 4 is 57.8 Å². The van der Waals surface area contributed by atoms with Gasteiger partial charge >= 0.3 is 21.1 Å². The van der Waals surface area contributed by atoms with Gasteiger partial charge in [0.25, 0.3) is 0 Å². The van der Waals surface area contributed by atoms with Gasteiger partial charge in [-0.1, -0.05) is 78.1 Å². The average Bonchev–Trinajstić information content (AvgIpc) is 2.52. The van der Waals surface area contributed by atoms with E-state index in [4.69, 9.17) is 0 Å². The summed E-state index contributed by atoms with van der Waals surface area (Å²) in [4.78, 5) is 42.3. The Morgan fingerprint density at radius 2 is 0.815 bits per heavy atom. The molecule has 27 heavy (non-hydrogen) atoms. The molecule has 0 spiro atoms. The second-order valence-electron chi connectivity index (χ2n) is 6.10. The quantitative estimate of drug-likeness (QED) is 0.154. The van der Waals surface area contributed by atoms with Gasteiger partial charge in [0.15, 0.2) is 0 Å². The zero-order valence-electron chi connectivity index (χ0n) is 16.5. The van der Waals surface area contributed by atoms with Crippen molar-refractivity contribution in [2.45, 2.75) is 90.9 Å². The standard InChI is InChI=1S/2C8H19O2PS2.Mo/c2*1-2-3-4-5-6-7-8-13-11(9,10)12;/h2*2-8H2,1H3,(H2,9,10,12);/q;;+4/p-4. The van der Waals surface area contributed by atoms with E-state index in [0.717, 1.165) is 48.4 Å². The van der Waals surface area contributed by atoms with E-state index in [9.17, 15) is 19.6 Å². The van der Waals surface area contributed by atoms with Gasteiger partial charge in [0, 0.05) is 0 Å². The summed E-state index contributed by atoms with van der Waals surface area (Å²) in [5, 5.41) is 0. The normalized spacial score (nSPS) is 11.5. The minimum absolute atomic E-state index is 0. The van der Waals surface area contributed by atoms with Gasteiger partial charge in [-0.15, -0.1) is 23.6 Å². The molecule has 0 saturated heterocycles. The summed E-state index contributed by atoms with van der Waals surface area (Å²) < 4.78 is 0. The molecule has 0 amide bonds. The van der Waals surface area contributed by atoms with E-state index in [1.165, 1.54) is 51.4 Å². The molecule has 0 aromatic heterocycles. The van der Waals surface area contributed by atoms with Crippen LogP contribution in [0.5, 0.6) is 0 Å². The van der Waals surface area contributed by atoms with Crippen LogP contribution in [0.1, 0.15) is 90.9 Å². The predicted molar refractivity (Wildman–Crippen MR) is 120 cm³/mol. The Morgan fingerprint density at radius 3 is 1.07 bits per heavy atom. The van der Waals surface area contributed by atoms with Crippen molar-refractivity contribution in [1.29, 1.82) is 0 Å². The molecule has 0 aromatic carbocycles. The molecule has 0 atom stereocenters. The van der Waals surface area contributed by atoms with E-state index >= 15 is 0 Å². The molecule has 0 bridgehead atoms. The van der Waals surface area contributed by atoms with Crippen LogP contribution in [0.2, 0.25) is 0 Å². The van der Waals surface area contributed by atoms with Gasteiger partial charge in [-0.3, -0.25) is 0 Å². The summed E-state index contributed by atoms with van der Waals surface area (Å²) in [6.07, 6.45) is 14.2. The van der Waals surface area contributed by atoms with Crippen molar-refractivity contribution in [2.75, 3.05) is 11.5 Å². The maximum absolute atomic E-state index is 10.6. The van der Waals surface area contributed by atoms with Crippen molar-refractivity contribution in [3.63, 3.8) is 0 Å². The zero-order valence-corrected chi connectivity index (χ0v) is 23.5. The van der Waals surface area contributed by atoms with Crippen LogP contribution in [0.4, 0.5) is 0 Å².